The molecule has 0 radical (unpaired) electrons. The van der Waals surface area contributed by atoms with Crippen molar-refractivity contribution < 1.29 is 4.42 Å². The summed E-state index contributed by atoms with van der Waals surface area (Å²) in [6.07, 6.45) is 1.31. The second-order valence-corrected chi connectivity index (χ2v) is 2.52. The van der Waals surface area contributed by atoms with Gasteiger partial charge in [-0.15, -0.1) is 5.10 Å². The zero-order valence-corrected chi connectivity index (χ0v) is 6.16. The summed E-state index contributed by atoms with van der Waals surface area (Å²) in [6, 6.07) is 0.494. The lowest BCUT2D eigenvalue weighted by Gasteiger charge is -2.02. The molecule has 0 amide bonds. The summed E-state index contributed by atoms with van der Waals surface area (Å²) < 4.78 is 4.85. The Labute approximate surface area is 59.6 Å². The van der Waals surface area contributed by atoms with E-state index in [1.807, 2.05) is 0 Å². The minimum atomic E-state index is 0.494. The molecule has 1 aromatic heterocycles. The third-order valence-electron chi connectivity index (χ3n) is 1.02. The van der Waals surface area contributed by atoms with E-state index in [4.69, 9.17) is 4.42 Å². The quantitative estimate of drug-likeness (QED) is 0.685. The maximum Gasteiger partial charge on any atom is 0.315 e. The van der Waals surface area contributed by atoms with Crippen LogP contribution in [0.15, 0.2) is 10.8 Å². The molecule has 0 bridgehead atoms. The van der Waals surface area contributed by atoms with E-state index in [1.54, 1.807) is 0 Å². The highest BCUT2D eigenvalue weighted by atomic mass is 16.4. The van der Waals surface area contributed by atoms with E-state index in [-0.39, 0.29) is 0 Å². The molecule has 0 aliphatic rings. The van der Waals surface area contributed by atoms with Gasteiger partial charge in [-0.3, -0.25) is 0 Å². The summed E-state index contributed by atoms with van der Waals surface area (Å²) in [5.74, 6) is 0.590. The molecule has 1 rings (SSSR count). The number of rotatable bonds is 3. The van der Waals surface area contributed by atoms with Gasteiger partial charge in [0.1, 0.15) is 0 Å². The molecule has 1 heterocycles. The van der Waals surface area contributed by atoms with Gasteiger partial charge in [-0.1, -0.05) is 18.9 Å². The maximum atomic E-state index is 4.85. The summed E-state index contributed by atoms with van der Waals surface area (Å²) in [5, 5.41) is 10.2. The molecule has 0 fully saturated rings. The average molecular weight is 141 g/mol. The second-order valence-electron chi connectivity index (χ2n) is 2.52. The van der Waals surface area contributed by atoms with Crippen LogP contribution in [0, 0.1) is 5.92 Å². The third kappa shape index (κ3) is 2.05. The maximum absolute atomic E-state index is 4.85. The van der Waals surface area contributed by atoms with Crippen molar-refractivity contribution in [2.75, 3.05) is 11.9 Å². The van der Waals surface area contributed by atoms with Crippen molar-refractivity contribution in [2.24, 2.45) is 5.92 Å². The molecule has 0 saturated heterocycles. The molecule has 4 heteroatoms. The Morgan fingerprint density at radius 2 is 2.50 bits per heavy atom. The first kappa shape index (κ1) is 7.05. The van der Waals surface area contributed by atoms with Crippen LogP contribution in [-0.4, -0.2) is 16.7 Å². The Balaban J connectivity index is 2.28. The highest BCUT2D eigenvalue weighted by Gasteiger charge is 1.97. The minimum absolute atomic E-state index is 0.494. The van der Waals surface area contributed by atoms with Crippen molar-refractivity contribution in [1.29, 1.82) is 0 Å². The molecular weight excluding hydrogens is 130 g/mol. The molecular formula is C6H11N3O. The van der Waals surface area contributed by atoms with Crippen LogP contribution >= 0.6 is 0 Å². The first-order chi connectivity index (χ1) is 4.79. The number of nitrogens with zero attached hydrogens (tertiary/aromatic N) is 2. The van der Waals surface area contributed by atoms with E-state index in [1.165, 1.54) is 6.39 Å². The Hall–Kier alpha value is -1.06. The van der Waals surface area contributed by atoms with Gasteiger partial charge < -0.3 is 9.73 Å². The van der Waals surface area contributed by atoms with Gasteiger partial charge in [0, 0.05) is 6.54 Å². The molecule has 4 nitrogen and oxygen atoms in total. The highest BCUT2D eigenvalue weighted by Crippen LogP contribution is 1.99. The lowest BCUT2D eigenvalue weighted by molar-refractivity contribution is 0.556. The lowest BCUT2D eigenvalue weighted by atomic mass is 10.2. The van der Waals surface area contributed by atoms with Gasteiger partial charge in [0.2, 0.25) is 6.39 Å². The van der Waals surface area contributed by atoms with Crippen LogP contribution in [0.4, 0.5) is 6.01 Å². The Morgan fingerprint density at radius 3 is 3.00 bits per heavy atom. The van der Waals surface area contributed by atoms with Crippen LogP contribution in [0.1, 0.15) is 13.8 Å². The van der Waals surface area contributed by atoms with Crippen LogP contribution in [0.25, 0.3) is 0 Å². The summed E-state index contributed by atoms with van der Waals surface area (Å²) in [6.45, 7) is 5.09. The van der Waals surface area contributed by atoms with E-state index in [2.05, 4.69) is 29.4 Å². The van der Waals surface area contributed by atoms with E-state index in [9.17, 15) is 0 Å². The van der Waals surface area contributed by atoms with E-state index in [0.29, 0.717) is 11.9 Å². The van der Waals surface area contributed by atoms with Gasteiger partial charge in [-0.05, 0) is 5.92 Å². The smallest absolute Gasteiger partial charge is 0.315 e. The number of aromatic nitrogens is 2. The van der Waals surface area contributed by atoms with Crippen molar-refractivity contribution in [3.8, 4) is 0 Å². The number of hydrogen-bond acceptors (Lipinski definition) is 4. The van der Waals surface area contributed by atoms with Gasteiger partial charge in [0.15, 0.2) is 0 Å². The Bertz CT molecular complexity index is 171. The van der Waals surface area contributed by atoms with Crippen LogP contribution in [-0.2, 0) is 0 Å². The fourth-order valence-electron chi connectivity index (χ4n) is 0.542. The summed E-state index contributed by atoms with van der Waals surface area (Å²) in [5.41, 5.74) is 0. The number of nitrogens with one attached hydrogen (secondary N) is 1. The molecule has 10 heavy (non-hydrogen) atoms. The van der Waals surface area contributed by atoms with Crippen molar-refractivity contribution in [3.05, 3.63) is 6.39 Å². The third-order valence-corrected chi connectivity index (χ3v) is 1.02. The molecule has 0 aromatic carbocycles. The zero-order valence-electron chi connectivity index (χ0n) is 6.16. The first-order valence-corrected chi connectivity index (χ1v) is 3.29. The minimum Gasteiger partial charge on any atom is -0.411 e. The SMILES string of the molecule is CC(C)CNc1nnco1. The van der Waals surface area contributed by atoms with Crippen LogP contribution < -0.4 is 5.32 Å². The number of anilines is 1. The van der Waals surface area contributed by atoms with E-state index >= 15 is 0 Å². The molecule has 1 aromatic rings. The van der Waals surface area contributed by atoms with Crippen molar-refractivity contribution in [2.45, 2.75) is 13.8 Å². The van der Waals surface area contributed by atoms with Gasteiger partial charge in [0.05, 0.1) is 0 Å². The van der Waals surface area contributed by atoms with Gasteiger partial charge >= 0.3 is 6.01 Å². The predicted molar refractivity (Wildman–Crippen MR) is 37.6 cm³/mol. The Kier molecular flexibility index (Phi) is 2.25. The Morgan fingerprint density at radius 1 is 1.70 bits per heavy atom. The normalized spacial score (nSPS) is 10.3. The van der Waals surface area contributed by atoms with Crippen molar-refractivity contribution >= 4 is 6.01 Å². The van der Waals surface area contributed by atoms with Crippen molar-refractivity contribution in [3.63, 3.8) is 0 Å². The van der Waals surface area contributed by atoms with E-state index < -0.39 is 0 Å². The second kappa shape index (κ2) is 3.20. The van der Waals surface area contributed by atoms with Gasteiger partial charge in [-0.25, -0.2) is 0 Å². The monoisotopic (exact) mass is 141 g/mol. The molecule has 1 N–H and O–H groups in total. The average Bonchev–Trinajstić information content (AvgIpc) is 2.34. The van der Waals surface area contributed by atoms with E-state index in [0.717, 1.165) is 6.54 Å². The van der Waals surface area contributed by atoms with Crippen LogP contribution in [0.3, 0.4) is 0 Å². The summed E-state index contributed by atoms with van der Waals surface area (Å²) in [4.78, 5) is 0. The zero-order chi connectivity index (χ0) is 7.40. The van der Waals surface area contributed by atoms with Crippen LogP contribution in [0.5, 0.6) is 0 Å². The van der Waals surface area contributed by atoms with Crippen molar-refractivity contribution in [1.82, 2.24) is 10.2 Å². The molecule has 0 saturated carbocycles. The largest absolute Gasteiger partial charge is 0.411 e. The molecule has 0 unspecified atom stereocenters. The molecule has 0 atom stereocenters. The number of hydrogen-bond donors (Lipinski definition) is 1. The predicted octanol–water partition coefficient (Wildman–Crippen LogP) is 1.14. The topological polar surface area (TPSA) is 51.0 Å². The lowest BCUT2D eigenvalue weighted by Crippen LogP contribution is -2.07. The molecule has 0 aliphatic carbocycles. The van der Waals surface area contributed by atoms with Gasteiger partial charge in [-0.2, -0.15) is 0 Å². The van der Waals surface area contributed by atoms with Gasteiger partial charge in [0.25, 0.3) is 0 Å². The molecule has 56 valence electrons. The summed E-state index contributed by atoms with van der Waals surface area (Å²) in [7, 11) is 0. The molecule has 0 aliphatic heterocycles. The standard InChI is InChI=1S/C6H11N3O/c1-5(2)3-7-6-9-8-4-10-6/h4-5H,3H2,1-2H3,(H,7,9). The van der Waals surface area contributed by atoms with Crippen LogP contribution in [0.2, 0.25) is 0 Å². The fraction of sp³-hybridized carbons (Fsp3) is 0.667. The first-order valence-electron chi connectivity index (χ1n) is 3.29. The molecule has 0 spiro atoms. The highest BCUT2D eigenvalue weighted by molar-refractivity contribution is 5.14. The summed E-state index contributed by atoms with van der Waals surface area (Å²) >= 11 is 0. The fourth-order valence-corrected chi connectivity index (χ4v) is 0.542.